The van der Waals surface area contributed by atoms with E-state index in [-0.39, 0.29) is 12.1 Å². The van der Waals surface area contributed by atoms with Gasteiger partial charge < -0.3 is 4.74 Å². The van der Waals surface area contributed by atoms with E-state index < -0.39 is 29.5 Å². The molecule has 0 amide bonds. The number of esters is 1. The molecule has 1 heterocycles. The van der Waals surface area contributed by atoms with Crippen molar-refractivity contribution in [1.29, 1.82) is 0 Å². The molecule has 0 aliphatic carbocycles. The second-order valence-corrected chi connectivity index (χ2v) is 5.29. The first-order chi connectivity index (χ1) is 11.3. The summed E-state index contributed by atoms with van der Waals surface area (Å²) in [6, 6.07) is 0.428. The molecule has 1 aromatic heterocycles. The highest BCUT2D eigenvalue weighted by atomic mass is 19.2. The maximum atomic E-state index is 13.5. The van der Waals surface area contributed by atoms with Gasteiger partial charge >= 0.3 is 5.97 Å². The van der Waals surface area contributed by atoms with E-state index in [9.17, 15) is 18.0 Å². The Morgan fingerprint density at radius 1 is 1.21 bits per heavy atom. The zero-order valence-electron chi connectivity index (χ0n) is 13.4. The molecule has 0 radical (unpaired) electrons. The van der Waals surface area contributed by atoms with Gasteiger partial charge in [0.1, 0.15) is 6.04 Å². The summed E-state index contributed by atoms with van der Waals surface area (Å²) < 4.78 is 44.8. The summed E-state index contributed by atoms with van der Waals surface area (Å²) in [5.41, 5.74) is 1.23. The number of benzene rings is 1. The lowest BCUT2D eigenvalue weighted by molar-refractivity contribution is -0.147. The number of methoxy groups -OCH3 is 1. The Balaban J connectivity index is 2.34. The number of nitrogens with zero attached hydrogens (tertiary/aromatic N) is 3. The molecule has 5 nitrogen and oxygen atoms in total. The van der Waals surface area contributed by atoms with Crippen LogP contribution in [0, 0.1) is 24.4 Å². The molecule has 0 saturated carbocycles. The number of carbonyl (C=O) groups is 1. The van der Waals surface area contributed by atoms with Crippen LogP contribution in [0.5, 0.6) is 0 Å². The maximum absolute atomic E-state index is 13.5. The van der Waals surface area contributed by atoms with Crippen LogP contribution in [0.1, 0.15) is 23.0 Å². The Morgan fingerprint density at radius 3 is 2.33 bits per heavy atom. The van der Waals surface area contributed by atoms with Gasteiger partial charge in [-0.25, -0.2) is 18.0 Å². The second kappa shape index (κ2) is 7.39. The lowest BCUT2D eigenvalue weighted by Crippen LogP contribution is -2.32. The van der Waals surface area contributed by atoms with Gasteiger partial charge in [0.05, 0.1) is 18.5 Å². The van der Waals surface area contributed by atoms with Crippen LogP contribution < -0.4 is 0 Å². The van der Waals surface area contributed by atoms with Crippen molar-refractivity contribution >= 4 is 5.97 Å². The van der Waals surface area contributed by atoms with Gasteiger partial charge in [0.25, 0.3) is 0 Å². The van der Waals surface area contributed by atoms with Crippen molar-refractivity contribution in [1.82, 2.24) is 14.9 Å². The first kappa shape index (κ1) is 17.9. The number of hydrogen-bond acceptors (Lipinski definition) is 5. The van der Waals surface area contributed by atoms with Crippen molar-refractivity contribution in [2.24, 2.45) is 0 Å². The number of likely N-dealkylation sites (N-methyl/N-ethyl adjacent to an activating group) is 1. The van der Waals surface area contributed by atoms with E-state index in [4.69, 9.17) is 4.74 Å². The minimum absolute atomic E-state index is 0.0548. The van der Waals surface area contributed by atoms with E-state index in [1.165, 1.54) is 11.1 Å². The van der Waals surface area contributed by atoms with Crippen molar-refractivity contribution in [2.45, 2.75) is 19.5 Å². The number of aromatic nitrogens is 2. The molecule has 0 aliphatic rings. The van der Waals surface area contributed by atoms with E-state index in [1.54, 1.807) is 20.2 Å². The minimum Gasteiger partial charge on any atom is -0.468 e. The third-order valence-electron chi connectivity index (χ3n) is 3.43. The monoisotopic (exact) mass is 339 g/mol. The summed E-state index contributed by atoms with van der Waals surface area (Å²) in [5, 5.41) is 0. The Kier molecular flexibility index (Phi) is 5.50. The predicted molar refractivity (Wildman–Crippen MR) is 79.3 cm³/mol. The molecule has 0 saturated heterocycles. The summed E-state index contributed by atoms with van der Waals surface area (Å²) in [7, 11) is 2.72. The number of ether oxygens (including phenoxy) is 1. The molecular formula is C16H16F3N3O2. The zero-order valence-corrected chi connectivity index (χ0v) is 13.4. The molecule has 2 rings (SSSR count). The quantitative estimate of drug-likeness (QED) is 0.619. The van der Waals surface area contributed by atoms with Crippen LogP contribution in [-0.4, -0.2) is 35.0 Å². The molecule has 0 bridgehead atoms. The van der Waals surface area contributed by atoms with Gasteiger partial charge in [-0.1, -0.05) is 0 Å². The van der Waals surface area contributed by atoms with Gasteiger partial charge in [0, 0.05) is 18.9 Å². The average molecular weight is 339 g/mol. The normalized spacial score (nSPS) is 12.3. The zero-order chi connectivity index (χ0) is 17.9. The van der Waals surface area contributed by atoms with E-state index in [1.807, 2.05) is 0 Å². The van der Waals surface area contributed by atoms with Crippen molar-refractivity contribution in [3.8, 4) is 0 Å². The van der Waals surface area contributed by atoms with E-state index in [2.05, 4.69) is 9.97 Å². The molecule has 128 valence electrons. The van der Waals surface area contributed by atoms with Crippen LogP contribution in [-0.2, 0) is 16.1 Å². The van der Waals surface area contributed by atoms with Gasteiger partial charge in [-0.2, -0.15) is 0 Å². The van der Waals surface area contributed by atoms with Crippen molar-refractivity contribution in [2.75, 3.05) is 14.2 Å². The van der Waals surface area contributed by atoms with E-state index in [0.717, 1.165) is 24.9 Å². The SMILES string of the molecule is COC(=O)[C@@H](c1cc(F)c(F)c(F)c1)N(C)Cc1cnc(C)cn1. The molecule has 0 spiro atoms. The van der Waals surface area contributed by atoms with Crippen LogP contribution in [0.2, 0.25) is 0 Å². The van der Waals surface area contributed by atoms with Gasteiger partial charge in [0.15, 0.2) is 17.5 Å². The number of halogens is 3. The fourth-order valence-electron chi connectivity index (χ4n) is 2.26. The molecular weight excluding hydrogens is 323 g/mol. The third-order valence-corrected chi connectivity index (χ3v) is 3.43. The summed E-state index contributed by atoms with van der Waals surface area (Å²) in [6.45, 7) is 1.95. The van der Waals surface area contributed by atoms with Gasteiger partial charge in [-0.3, -0.25) is 14.9 Å². The molecule has 1 aromatic carbocycles. The molecule has 0 unspecified atom stereocenters. The Labute approximate surface area is 137 Å². The number of carbonyl (C=O) groups excluding carboxylic acids is 1. The molecule has 0 N–H and O–H groups in total. The second-order valence-electron chi connectivity index (χ2n) is 5.29. The van der Waals surface area contributed by atoms with Crippen LogP contribution in [0.3, 0.4) is 0 Å². The largest absolute Gasteiger partial charge is 0.468 e. The molecule has 2 aromatic rings. The van der Waals surface area contributed by atoms with Crippen LogP contribution in [0.15, 0.2) is 24.5 Å². The maximum Gasteiger partial charge on any atom is 0.327 e. The fraction of sp³-hybridized carbons (Fsp3) is 0.312. The lowest BCUT2D eigenvalue weighted by Gasteiger charge is -2.26. The molecule has 0 aliphatic heterocycles. The smallest absolute Gasteiger partial charge is 0.327 e. The van der Waals surface area contributed by atoms with Crippen molar-refractivity contribution in [3.63, 3.8) is 0 Å². The van der Waals surface area contributed by atoms with Gasteiger partial charge in [0.2, 0.25) is 0 Å². The Morgan fingerprint density at radius 2 is 1.83 bits per heavy atom. The number of hydrogen-bond donors (Lipinski definition) is 0. The Hall–Kier alpha value is -2.48. The van der Waals surface area contributed by atoms with E-state index in [0.29, 0.717) is 5.69 Å². The summed E-state index contributed by atoms with van der Waals surface area (Å²) in [4.78, 5) is 21.8. The summed E-state index contributed by atoms with van der Waals surface area (Å²) >= 11 is 0. The lowest BCUT2D eigenvalue weighted by atomic mass is 10.0. The highest BCUT2D eigenvalue weighted by Crippen LogP contribution is 2.25. The highest BCUT2D eigenvalue weighted by molar-refractivity contribution is 5.77. The number of rotatable bonds is 5. The Bertz CT molecular complexity index is 715. The standard InChI is InChI=1S/C16H16F3N3O2/c1-9-6-21-11(7-20-9)8-22(2)15(16(23)24-3)10-4-12(17)14(19)13(18)5-10/h4-7,15H,8H2,1-3H3/t15-/m1/s1. The highest BCUT2D eigenvalue weighted by Gasteiger charge is 2.28. The average Bonchev–Trinajstić information content (AvgIpc) is 2.54. The molecule has 24 heavy (non-hydrogen) atoms. The van der Waals surface area contributed by atoms with Gasteiger partial charge in [-0.05, 0) is 31.7 Å². The summed E-state index contributed by atoms with van der Waals surface area (Å²) in [5.74, 6) is -5.07. The molecule has 8 heteroatoms. The molecule has 0 fully saturated rings. The first-order valence-corrected chi connectivity index (χ1v) is 7.03. The first-order valence-electron chi connectivity index (χ1n) is 7.03. The van der Waals surface area contributed by atoms with Crippen LogP contribution in [0.4, 0.5) is 13.2 Å². The molecule has 1 atom stereocenters. The van der Waals surface area contributed by atoms with Crippen molar-refractivity contribution in [3.05, 3.63) is 58.9 Å². The van der Waals surface area contributed by atoms with Gasteiger partial charge in [-0.15, -0.1) is 0 Å². The predicted octanol–water partition coefficient (Wildman–Crippen LogP) is 2.55. The number of aryl methyl sites for hydroxylation is 1. The topological polar surface area (TPSA) is 55.3 Å². The van der Waals surface area contributed by atoms with Crippen LogP contribution in [0.25, 0.3) is 0 Å². The third kappa shape index (κ3) is 3.88. The fourth-order valence-corrected chi connectivity index (χ4v) is 2.26. The minimum atomic E-state index is -1.59. The van der Waals surface area contributed by atoms with Crippen LogP contribution >= 0.6 is 0 Å². The van der Waals surface area contributed by atoms with E-state index >= 15 is 0 Å². The summed E-state index contributed by atoms with van der Waals surface area (Å²) in [6.07, 6.45) is 3.10. The van der Waals surface area contributed by atoms with Crippen molar-refractivity contribution < 1.29 is 22.7 Å².